The normalized spacial score (nSPS) is 10.2. The lowest BCUT2D eigenvalue weighted by Gasteiger charge is -2.03. The Labute approximate surface area is 71.9 Å². The molecule has 0 N–H and O–H groups in total. The van der Waals surface area contributed by atoms with Gasteiger partial charge in [0, 0.05) is 12.1 Å². The van der Waals surface area contributed by atoms with Gasteiger partial charge >= 0.3 is 0 Å². The molecule has 0 unspecified atom stereocenters. The zero-order chi connectivity index (χ0) is 8.97. The number of carbonyl (C=O) groups is 1. The summed E-state index contributed by atoms with van der Waals surface area (Å²) in [7, 11) is 0. The smallest absolute Gasteiger partial charge is 0.125 e. The molecular weight excluding hydrogens is 152 g/mol. The minimum Gasteiger partial charge on any atom is -0.303 e. The van der Waals surface area contributed by atoms with Gasteiger partial charge in [0.2, 0.25) is 0 Å². The number of aromatic nitrogens is 2. The van der Waals surface area contributed by atoms with Gasteiger partial charge in [-0.3, -0.25) is 0 Å². The van der Waals surface area contributed by atoms with Crippen LogP contribution in [0.5, 0.6) is 0 Å². The first-order chi connectivity index (χ1) is 5.74. The highest BCUT2D eigenvalue weighted by molar-refractivity contribution is 5.53. The maximum absolute atomic E-state index is 10.2. The molecule has 3 heteroatoms. The number of hydrogen-bond acceptors (Lipinski definition) is 3. The monoisotopic (exact) mass is 164 g/mol. The van der Waals surface area contributed by atoms with E-state index >= 15 is 0 Å². The van der Waals surface area contributed by atoms with Crippen LogP contribution >= 0.6 is 0 Å². The quantitative estimate of drug-likeness (QED) is 0.633. The second kappa shape index (κ2) is 3.95. The Hall–Kier alpha value is -1.25. The first-order valence-corrected chi connectivity index (χ1v) is 3.98. The molecular formula is C9H12N2O. The average molecular weight is 164 g/mol. The number of aldehydes is 1. The van der Waals surface area contributed by atoms with Crippen LogP contribution < -0.4 is 0 Å². The minimum atomic E-state index is 0.377. The van der Waals surface area contributed by atoms with Crippen LogP contribution in [-0.4, -0.2) is 16.3 Å². The van der Waals surface area contributed by atoms with E-state index in [1.807, 2.05) is 6.07 Å². The zero-order valence-corrected chi connectivity index (χ0v) is 7.32. The maximum Gasteiger partial charge on any atom is 0.125 e. The summed E-state index contributed by atoms with van der Waals surface area (Å²) in [5.41, 5.74) is 1.78. The van der Waals surface area contributed by atoms with Crippen LogP contribution in [0.1, 0.15) is 31.2 Å². The summed E-state index contributed by atoms with van der Waals surface area (Å²) < 4.78 is 0. The van der Waals surface area contributed by atoms with Gasteiger partial charge in [0.15, 0.2) is 0 Å². The van der Waals surface area contributed by atoms with Crippen LogP contribution in [-0.2, 0) is 11.2 Å². The van der Waals surface area contributed by atoms with E-state index < -0.39 is 0 Å². The summed E-state index contributed by atoms with van der Waals surface area (Å²) >= 11 is 0. The highest BCUT2D eigenvalue weighted by Gasteiger charge is 2.01. The van der Waals surface area contributed by atoms with E-state index in [1.54, 1.807) is 0 Å². The van der Waals surface area contributed by atoms with E-state index in [0.29, 0.717) is 12.3 Å². The van der Waals surface area contributed by atoms with E-state index in [2.05, 4.69) is 23.8 Å². The third-order valence-corrected chi connectivity index (χ3v) is 1.63. The van der Waals surface area contributed by atoms with E-state index in [-0.39, 0.29) is 0 Å². The van der Waals surface area contributed by atoms with E-state index in [9.17, 15) is 4.79 Å². The van der Waals surface area contributed by atoms with Crippen molar-refractivity contribution in [2.45, 2.75) is 26.2 Å². The second-order valence-corrected chi connectivity index (χ2v) is 2.96. The molecule has 1 aromatic rings. The van der Waals surface area contributed by atoms with Crippen molar-refractivity contribution in [3.8, 4) is 0 Å². The van der Waals surface area contributed by atoms with Crippen LogP contribution in [0.2, 0.25) is 0 Å². The third-order valence-electron chi connectivity index (χ3n) is 1.63. The Bertz CT molecular complexity index is 271. The molecule has 1 heterocycles. The van der Waals surface area contributed by atoms with Crippen LogP contribution in [0.3, 0.4) is 0 Å². The summed E-state index contributed by atoms with van der Waals surface area (Å²) in [4.78, 5) is 18.3. The molecule has 0 saturated carbocycles. The van der Waals surface area contributed by atoms with Gasteiger partial charge < -0.3 is 4.79 Å². The van der Waals surface area contributed by atoms with Crippen LogP contribution in [0.4, 0.5) is 0 Å². The molecule has 0 atom stereocenters. The molecule has 0 aliphatic rings. The Kier molecular flexibility index (Phi) is 2.91. The highest BCUT2D eigenvalue weighted by atomic mass is 16.1. The summed E-state index contributed by atoms with van der Waals surface area (Å²) in [6, 6.07) is 1.87. The van der Waals surface area contributed by atoms with Crippen molar-refractivity contribution < 1.29 is 4.79 Å². The number of nitrogens with zero attached hydrogens (tertiary/aromatic N) is 2. The van der Waals surface area contributed by atoms with Crippen LogP contribution in [0, 0.1) is 0 Å². The summed E-state index contributed by atoms with van der Waals surface area (Å²) in [5.74, 6) is 0.387. The van der Waals surface area contributed by atoms with Crippen molar-refractivity contribution in [2.75, 3.05) is 0 Å². The predicted molar refractivity (Wildman–Crippen MR) is 45.9 cm³/mol. The van der Waals surface area contributed by atoms with Gasteiger partial charge in [0.05, 0.1) is 5.69 Å². The molecule has 12 heavy (non-hydrogen) atoms. The molecule has 0 bridgehead atoms. The molecule has 1 aromatic heterocycles. The zero-order valence-electron chi connectivity index (χ0n) is 7.32. The first-order valence-electron chi connectivity index (χ1n) is 3.98. The molecule has 64 valence electrons. The lowest BCUT2D eigenvalue weighted by Crippen LogP contribution is -1.98. The number of rotatable bonds is 3. The van der Waals surface area contributed by atoms with Gasteiger partial charge in [0.1, 0.15) is 12.6 Å². The summed E-state index contributed by atoms with van der Waals surface area (Å²) in [5, 5.41) is 0. The van der Waals surface area contributed by atoms with Crippen molar-refractivity contribution in [3.63, 3.8) is 0 Å². The minimum absolute atomic E-state index is 0.377. The number of hydrogen-bond donors (Lipinski definition) is 0. The standard InChI is InChI=1S/C9H12N2O/c1-7(2)9-5-8(3-4-12)10-6-11-9/h4-7H,3H2,1-2H3. The van der Waals surface area contributed by atoms with E-state index in [4.69, 9.17) is 0 Å². The topological polar surface area (TPSA) is 42.9 Å². The molecule has 0 spiro atoms. The van der Waals surface area contributed by atoms with Gasteiger partial charge in [-0.1, -0.05) is 13.8 Å². The van der Waals surface area contributed by atoms with Crippen molar-refractivity contribution >= 4 is 6.29 Å². The molecule has 1 rings (SSSR count). The molecule has 0 aromatic carbocycles. The maximum atomic E-state index is 10.2. The van der Waals surface area contributed by atoms with Gasteiger partial charge in [-0.25, -0.2) is 9.97 Å². The van der Waals surface area contributed by atoms with Gasteiger partial charge in [-0.05, 0) is 12.0 Å². The Morgan fingerprint density at radius 1 is 1.50 bits per heavy atom. The van der Waals surface area contributed by atoms with Crippen LogP contribution in [0.15, 0.2) is 12.4 Å². The van der Waals surface area contributed by atoms with Gasteiger partial charge in [-0.2, -0.15) is 0 Å². The first kappa shape index (κ1) is 8.84. The molecule has 0 aliphatic carbocycles. The molecule has 0 amide bonds. The fourth-order valence-corrected chi connectivity index (χ4v) is 0.928. The van der Waals surface area contributed by atoms with E-state index in [1.165, 1.54) is 6.33 Å². The molecule has 0 fully saturated rings. The second-order valence-electron chi connectivity index (χ2n) is 2.96. The Morgan fingerprint density at radius 2 is 2.25 bits per heavy atom. The Morgan fingerprint density at radius 3 is 2.83 bits per heavy atom. The van der Waals surface area contributed by atoms with Crippen molar-refractivity contribution in [1.82, 2.24) is 9.97 Å². The lowest BCUT2D eigenvalue weighted by molar-refractivity contribution is -0.107. The lowest BCUT2D eigenvalue weighted by atomic mass is 10.1. The SMILES string of the molecule is CC(C)c1cc(CC=O)ncn1. The third kappa shape index (κ3) is 2.12. The predicted octanol–water partition coefficient (Wildman–Crippen LogP) is 1.34. The van der Waals surface area contributed by atoms with Crippen molar-refractivity contribution in [1.29, 1.82) is 0 Å². The molecule has 0 aliphatic heterocycles. The van der Waals surface area contributed by atoms with Gasteiger partial charge in [0.25, 0.3) is 0 Å². The fourth-order valence-electron chi connectivity index (χ4n) is 0.928. The average Bonchev–Trinajstić information content (AvgIpc) is 2.05. The largest absolute Gasteiger partial charge is 0.303 e. The molecule has 0 saturated heterocycles. The fraction of sp³-hybridized carbons (Fsp3) is 0.444. The highest BCUT2D eigenvalue weighted by Crippen LogP contribution is 2.10. The summed E-state index contributed by atoms with van der Waals surface area (Å²) in [6.07, 6.45) is 2.74. The van der Waals surface area contributed by atoms with Crippen LogP contribution in [0.25, 0.3) is 0 Å². The van der Waals surface area contributed by atoms with Crippen molar-refractivity contribution in [3.05, 3.63) is 23.8 Å². The number of carbonyl (C=O) groups excluding carboxylic acids is 1. The molecule has 3 nitrogen and oxygen atoms in total. The molecule has 0 radical (unpaired) electrons. The van der Waals surface area contributed by atoms with E-state index in [0.717, 1.165) is 17.7 Å². The van der Waals surface area contributed by atoms with Gasteiger partial charge in [-0.15, -0.1) is 0 Å². The summed E-state index contributed by atoms with van der Waals surface area (Å²) in [6.45, 7) is 4.13. The Balaban J connectivity index is 2.87. The van der Waals surface area contributed by atoms with Crippen molar-refractivity contribution in [2.24, 2.45) is 0 Å².